The van der Waals surface area contributed by atoms with Gasteiger partial charge in [0.1, 0.15) is 11.2 Å². The lowest BCUT2D eigenvalue weighted by Crippen LogP contribution is -1.85. The molecule has 0 amide bonds. The van der Waals surface area contributed by atoms with Gasteiger partial charge in [0, 0.05) is 38.7 Å². The molecule has 0 spiro atoms. The van der Waals surface area contributed by atoms with Crippen LogP contribution in [0.3, 0.4) is 0 Å². The van der Waals surface area contributed by atoms with Crippen LogP contribution in [0, 0.1) is 6.92 Å². The molecule has 8 aromatic rings. The average molecular weight is 422 g/mol. The lowest BCUT2D eigenvalue weighted by Gasteiger charge is -2.03. The van der Waals surface area contributed by atoms with Crippen LogP contribution in [-0.4, -0.2) is 9.38 Å². The van der Waals surface area contributed by atoms with Crippen LogP contribution in [0.15, 0.2) is 95.5 Å². The molecule has 0 aliphatic carbocycles. The van der Waals surface area contributed by atoms with E-state index in [1.54, 1.807) is 0 Å². The fraction of sp³-hybridized carbons (Fsp3) is 0.0333. The van der Waals surface area contributed by atoms with Crippen molar-refractivity contribution in [3.63, 3.8) is 0 Å². The van der Waals surface area contributed by atoms with Crippen molar-refractivity contribution in [3.8, 4) is 11.3 Å². The molecule has 33 heavy (non-hydrogen) atoms. The number of furan rings is 1. The van der Waals surface area contributed by atoms with E-state index in [0.717, 1.165) is 33.4 Å². The Morgan fingerprint density at radius 3 is 2.39 bits per heavy atom. The van der Waals surface area contributed by atoms with Crippen LogP contribution in [0.4, 0.5) is 0 Å². The highest BCUT2D eigenvalue weighted by atomic mass is 16.3. The molecule has 0 bridgehead atoms. The van der Waals surface area contributed by atoms with Crippen LogP contribution in [0.5, 0.6) is 0 Å². The topological polar surface area (TPSA) is 30.4 Å². The summed E-state index contributed by atoms with van der Waals surface area (Å²) in [5, 5.41) is 7.25. The van der Waals surface area contributed by atoms with E-state index in [1.165, 1.54) is 43.5 Å². The van der Waals surface area contributed by atoms with Gasteiger partial charge in [-0.2, -0.15) is 0 Å². The fourth-order valence-electron chi connectivity index (χ4n) is 5.53. The number of benzene rings is 4. The number of aryl methyl sites for hydroxylation is 1. The maximum Gasteiger partial charge on any atom is 0.145 e. The van der Waals surface area contributed by atoms with E-state index in [0.29, 0.717) is 0 Å². The number of aromatic nitrogens is 2. The minimum atomic E-state index is 0.928. The lowest BCUT2D eigenvalue weighted by atomic mass is 10.0. The summed E-state index contributed by atoms with van der Waals surface area (Å²) in [6, 6.07) is 30.2. The largest absolute Gasteiger partial charge is 0.455 e. The molecule has 0 N–H and O–H groups in total. The van der Waals surface area contributed by atoms with Crippen molar-refractivity contribution >= 4 is 60.0 Å². The summed E-state index contributed by atoms with van der Waals surface area (Å²) >= 11 is 0. The molecular formula is C30H18N2O. The van der Waals surface area contributed by atoms with Crippen molar-refractivity contribution in [3.05, 3.63) is 96.7 Å². The SMILES string of the molecule is Cc1ccc(-c2ccc3c(c2)c2c4oc5ccccc5c4cc4c5ccccc5n3c42)nc1. The number of rotatable bonds is 1. The van der Waals surface area contributed by atoms with Gasteiger partial charge < -0.3 is 8.82 Å². The highest BCUT2D eigenvalue weighted by Gasteiger charge is 2.23. The first-order chi connectivity index (χ1) is 16.3. The lowest BCUT2D eigenvalue weighted by molar-refractivity contribution is 0.673. The van der Waals surface area contributed by atoms with E-state index in [4.69, 9.17) is 4.42 Å². The van der Waals surface area contributed by atoms with E-state index < -0.39 is 0 Å². The van der Waals surface area contributed by atoms with E-state index in [2.05, 4.69) is 95.2 Å². The molecule has 0 saturated heterocycles. The first-order valence-electron chi connectivity index (χ1n) is 11.2. The summed E-state index contributed by atoms with van der Waals surface area (Å²) in [6.45, 7) is 2.07. The third-order valence-corrected chi connectivity index (χ3v) is 7.01. The zero-order valence-electron chi connectivity index (χ0n) is 18.0. The third-order valence-electron chi connectivity index (χ3n) is 7.01. The summed E-state index contributed by atoms with van der Waals surface area (Å²) in [7, 11) is 0. The summed E-state index contributed by atoms with van der Waals surface area (Å²) < 4.78 is 8.90. The zero-order valence-corrected chi connectivity index (χ0v) is 18.0. The van der Waals surface area contributed by atoms with Gasteiger partial charge >= 0.3 is 0 Å². The molecule has 154 valence electrons. The third kappa shape index (κ3) is 2.12. The van der Waals surface area contributed by atoms with Gasteiger partial charge in [-0.15, -0.1) is 0 Å². The van der Waals surface area contributed by atoms with E-state index in [-0.39, 0.29) is 0 Å². The second kappa shape index (κ2) is 5.90. The Bertz CT molecular complexity index is 2020. The molecule has 0 saturated carbocycles. The second-order valence-electron chi connectivity index (χ2n) is 8.93. The number of para-hydroxylation sites is 2. The van der Waals surface area contributed by atoms with Gasteiger partial charge in [0.25, 0.3) is 0 Å². The van der Waals surface area contributed by atoms with Crippen LogP contribution in [0.25, 0.3) is 71.3 Å². The molecule has 0 atom stereocenters. The number of nitrogens with zero attached hydrogens (tertiary/aromatic N) is 2. The number of hydrogen-bond acceptors (Lipinski definition) is 2. The minimum Gasteiger partial charge on any atom is -0.455 e. The molecule has 0 aliphatic rings. The van der Waals surface area contributed by atoms with Crippen molar-refractivity contribution in [2.75, 3.05) is 0 Å². The molecule has 3 nitrogen and oxygen atoms in total. The van der Waals surface area contributed by atoms with Gasteiger partial charge in [0.2, 0.25) is 0 Å². The van der Waals surface area contributed by atoms with Gasteiger partial charge in [-0.1, -0.05) is 48.5 Å². The summed E-state index contributed by atoms with van der Waals surface area (Å²) in [4.78, 5) is 4.68. The van der Waals surface area contributed by atoms with Crippen LogP contribution in [0.2, 0.25) is 0 Å². The molecule has 4 heterocycles. The molecule has 3 heteroatoms. The second-order valence-corrected chi connectivity index (χ2v) is 8.93. The Balaban J connectivity index is 1.64. The van der Waals surface area contributed by atoms with Crippen molar-refractivity contribution in [2.45, 2.75) is 6.92 Å². The Morgan fingerprint density at radius 2 is 1.52 bits per heavy atom. The van der Waals surface area contributed by atoms with Crippen LogP contribution in [0.1, 0.15) is 5.56 Å². The van der Waals surface area contributed by atoms with Crippen molar-refractivity contribution in [2.24, 2.45) is 0 Å². The van der Waals surface area contributed by atoms with Crippen molar-refractivity contribution in [1.82, 2.24) is 9.38 Å². The summed E-state index contributed by atoms with van der Waals surface area (Å²) in [5.74, 6) is 0. The monoisotopic (exact) mass is 422 g/mol. The molecule has 0 aliphatic heterocycles. The first kappa shape index (κ1) is 17.2. The smallest absolute Gasteiger partial charge is 0.145 e. The maximum atomic E-state index is 6.50. The normalized spacial score (nSPS) is 12.4. The number of hydrogen-bond donors (Lipinski definition) is 0. The van der Waals surface area contributed by atoms with Crippen LogP contribution >= 0.6 is 0 Å². The molecule has 4 aromatic carbocycles. The van der Waals surface area contributed by atoms with Crippen molar-refractivity contribution in [1.29, 1.82) is 0 Å². The first-order valence-corrected chi connectivity index (χ1v) is 11.2. The van der Waals surface area contributed by atoms with E-state index >= 15 is 0 Å². The van der Waals surface area contributed by atoms with E-state index in [1.807, 2.05) is 12.3 Å². The predicted octanol–water partition coefficient (Wildman–Crippen LogP) is 8.11. The van der Waals surface area contributed by atoms with Gasteiger partial charge in [0.05, 0.1) is 27.6 Å². The maximum absolute atomic E-state index is 6.50. The minimum absolute atomic E-state index is 0.928. The Hall–Kier alpha value is -4.37. The quantitative estimate of drug-likeness (QED) is 0.267. The summed E-state index contributed by atoms with van der Waals surface area (Å²) in [6.07, 6.45) is 1.93. The van der Waals surface area contributed by atoms with Crippen LogP contribution < -0.4 is 0 Å². The van der Waals surface area contributed by atoms with E-state index in [9.17, 15) is 0 Å². The standard InChI is InChI=1S/C30H18N2O/c1-17-10-12-24(31-16-17)18-11-13-26-23(14-18)28-29-21(19-6-2-4-8-25(19)32(26)29)15-22-20-7-3-5-9-27(20)33-30(22)28/h2-16H,1H3. The molecular weight excluding hydrogens is 404 g/mol. The molecule has 0 radical (unpaired) electrons. The Kier molecular flexibility index (Phi) is 3.08. The average Bonchev–Trinajstić information content (AvgIpc) is 3.50. The van der Waals surface area contributed by atoms with Gasteiger partial charge in [-0.25, -0.2) is 0 Å². The van der Waals surface area contributed by atoms with Crippen molar-refractivity contribution < 1.29 is 4.42 Å². The molecule has 0 unspecified atom stereocenters. The predicted molar refractivity (Wildman–Crippen MR) is 136 cm³/mol. The fourth-order valence-corrected chi connectivity index (χ4v) is 5.53. The van der Waals surface area contributed by atoms with Gasteiger partial charge in [-0.05, 0) is 48.9 Å². The Labute approximate surface area is 188 Å². The number of fused-ring (bicyclic) bond motifs is 10. The zero-order chi connectivity index (χ0) is 21.7. The highest BCUT2D eigenvalue weighted by molar-refractivity contribution is 6.32. The Morgan fingerprint density at radius 1 is 0.697 bits per heavy atom. The number of pyridine rings is 1. The van der Waals surface area contributed by atoms with Gasteiger partial charge in [-0.3, -0.25) is 4.98 Å². The summed E-state index contributed by atoms with van der Waals surface area (Å²) in [5.41, 5.74) is 8.80. The molecule has 0 fully saturated rings. The van der Waals surface area contributed by atoms with Crippen LogP contribution in [-0.2, 0) is 0 Å². The van der Waals surface area contributed by atoms with Gasteiger partial charge in [0.15, 0.2) is 0 Å². The molecule has 8 rings (SSSR count). The highest BCUT2D eigenvalue weighted by Crippen LogP contribution is 2.45. The molecule has 4 aromatic heterocycles.